The molecular formula is C16H16N2O2. The number of aryl methyl sites for hydroxylation is 1. The van der Waals surface area contributed by atoms with Crippen LogP contribution in [-0.2, 0) is 11.2 Å². The molecule has 0 fully saturated rings. The fourth-order valence-electron chi connectivity index (χ4n) is 2.78. The average Bonchev–Trinajstić information content (AvgIpc) is 2.54. The minimum atomic E-state index is -0.347. The van der Waals surface area contributed by atoms with E-state index in [0.717, 1.165) is 41.8 Å². The first-order chi connectivity index (χ1) is 9.79. The number of nitrogens with zero attached hydrogens (tertiary/aromatic N) is 1. The van der Waals surface area contributed by atoms with Crippen molar-refractivity contribution < 1.29 is 10.0 Å². The number of carbonyl (C=O) groups excluding carboxylic acids is 1. The maximum Gasteiger partial charge on any atom is 0.250 e. The highest BCUT2D eigenvalue weighted by Gasteiger charge is 2.27. The Bertz CT molecular complexity index is 626. The summed E-state index contributed by atoms with van der Waals surface area (Å²) in [6, 6.07) is 13.9. The molecule has 2 aromatic rings. The summed E-state index contributed by atoms with van der Waals surface area (Å²) in [7, 11) is 0. The smallest absolute Gasteiger partial charge is 0.250 e. The number of benzene rings is 1. The van der Waals surface area contributed by atoms with Crippen LogP contribution >= 0.6 is 0 Å². The Hall–Kier alpha value is -2.20. The van der Waals surface area contributed by atoms with Gasteiger partial charge in [0, 0.05) is 11.3 Å². The molecule has 1 aromatic heterocycles. The molecule has 1 amide bonds. The van der Waals surface area contributed by atoms with E-state index in [-0.39, 0.29) is 11.8 Å². The standard InChI is InChI=1S/C16H16N2O2/c19-16(18-20)13-7-4-8-15-12(13)9-10-14(17-15)11-5-2-1-3-6-11/h1-3,5-6,9-10,13,20H,4,7-8H2,(H,18,19). The molecule has 4 heteroatoms. The summed E-state index contributed by atoms with van der Waals surface area (Å²) >= 11 is 0. The lowest BCUT2D eigenvalue weighted by molar-refractivity contribution is -0.131. The first-order valence-corrected chi connectivity index (χ1v) is 6.79. The van der Waals surface area contributed by atoms with E-state index < -0.39 is 0 Å². The first-order valence-electron chi connectivity index (χ1n) is 6.79. The number of nitrogens with one attached hydrogen (secondary N) is 1. The van der Waals surface area contributed by atoms with Gasteiger partial charge in [-0.15, -0.1) is 0 Å². The van der Waals surface area contributed by atoms with Crippen molar-refractivity contribution in [3.63, 3.8) is 0 Å². The Morgan fingerprint density at radius 1 is 1.20 bits per heavy atom. The van der Waals surface area contributed by atoms with Crippen LogP contribution in [0.15, 0.2) is 42.5 Å². The van der Waals surface area contributed by atoms with Gasteiger partial charge in [-0.25, -0.2) is 5.48 Å². The van der Waals surface area contributed by atoms with Crippen LogP contribution in [0.3, 0.4) is 0 Å². The predicted molar refractivity (Wildman–Crippen MR) is 75.3 cm³/mol. The Morgan fingerprint density at radius 2 is 2.00 bits per heavy atom. The van der Waals surface area contributed by atoms with Gasteiger partial charge in [-0.3, -0.25) is 15.0 Å². The Morgan fingerprint density at radius 3 is 2.75 bits per heavy atom. The second kappa shape index (κ2) is 5.43. The summed E-state index contributed by atoms with van der Waals surface area (Å²) in [6.45, 7) is 0. The van der Waals surface area contributed by atoms with Crippen molar-refractivity contribution >= 4 is 5.91 Å². The second-order valence-corrected chi connectivity index (χ2v) is 5.02. The van der Waals surface area contributed by atoms with Gasteiger partial charge in [0.05, 0.1) is 11.6 Å². The fraction of sp³-hybridized carbons (Fsp3) is 0.250. The van der Waals surface area contributed by atoms with Gasteiger partial charge < -0.3 is 0 Å². The number of rotatable bonds is 2. The van der Waals surface area contributed by atoms with Crippen LogP contribution in [0.25, 0.3) is 11.3 Å². The molecule has 4 nitrogen and oxygen atoms in total. The number of hydrogen-bond acceptors (Lipinski definition) is 3. The minimum absolute atomic E-state index is 0.291. The van der Waals surface area contributed by atoms with Crippen LogP contribution < -0.4 is 5.48 Å². The molecule has 0 radical (unpaired) electrons. The summed E-state index contributed by atoms with van der Waals surface area (Å²) in [5.74, 6) is -0.638. The summed E-state index contributed by atoms with van der Waals surface area (Å²) in [5.41, 5.74) is 5.65. The fourth-order valence-corrected chi connectivity index (χ4v) is 2.78. The molecule has 0 saturated heterocycles. The van der Waals surface area contributed by atoms with Crippen molar-refractivity contribution in [2.45, 2.75) is 25.2 Å². The van der Waals surface area contributed by atoms with Crippen LogP contribution in [0.2, 0.25) is 0 Å². The largest absolute Gasteiger partial charge is 0.289 e. The van der Waals surface area contributed by atoms with E-state index in [4.69, 9.17) is 5.21 Å². The SMILES string of the molecule is O=C(NO)C1CCCc2nc(-c3ccccc3)ccc21. The van der Waals surface area contributed by atoms with Crippen LogP contribution in [0.1, 0.15) is 30.0 Å². The Balaban J connectivity index is 1.99. The normalized spacial score (nSPS) is 17.4. The number of amides is 1. The predicted octanol–water partition coefficient (Wildman–Crippen LogP) is 2.67. The van der Waals surface area contributed by atoms with Crippen molar-refractivity contribution in [1.29, 1.82) is 0 Å². The molecule has 1 heterocycles. The third-order valence-electron chi connectivity index (χ3n) is 3.79. The highest BCUT2D eigenvalue weighted by atomic mass is 16.5. The van der Waals surface area contributed by atoms with Crippen molar-refractivity contribution in [3.05, 3.63) is 53.7 Å². The minimum Gasteiger partial charge on any atom is -0.289 e. The summed E-state index contributed by atoms with van der Waals surface area (Å²) in [4.78, 5) is 16.4. The van der Waals surface area contributed by atoms with E-state index in [2.05, 4.69) is 4.98 Å². The monoisotopic (exact) mass is 268 g/mol. The van der Waals surface area contributed by atoms with Gasteiger partial charge in [0.2, 0.25) is 0 Å². The van der Waals surface area contributed by atoms with Crippen molar-refractivity contribution in [2.24, 2.45) is 0 Å². The lowest BCUT2D eigenvalue weighted by Crippen LogP contribution is -2.29. The maximum atomic E-state index is 11.7. The molecular weight excluding hydrogens is 252 g/mol. The number of hydroxylamine groups is 1. The molecule has 1 aliphatic rings. The molecule has 0 aliphatic heterocycles. The summed E-state index contributed by atoms with van der Waals surface area (Å²) < 4.78 is 0. The van der Waals surface area contributed by atoms with Crippen LogP contribution in [0.4, 0.5) is 0 Å². The van der Waals surface area contributed by atoms with Gasteiger partial charge in [-0.2, -0.15) is 0 Å². The molecule has 1 unspecified atom stereocenters. The van der Waals surface area contributed by atoms with Gasteiger partial charge in [0.25, 0.3) is 5.91 Å². The molecule has 0 bridgehead atoms. The molecule has 20 heavy (non-hydrogen) atoms. The second-order valence-electron chi connectivity index (χ2n) is 5.02. The molecule has 1 aromatic carbocycles. The van der Waals surface area contributed by atoms with E-state index in [1.807, 2.05) is 42.5 Å². The maximum absolute atomic E-state index is 11.7. The number of pyridine rings is 1. The average molecular weight is 268 g/mol. The van der Waals surface area contributed by atoms with Gasteiger partial charge in [-0.1, -0.05) is 36.4 Å². The lowest BCUT2D eigenvalue weighted by atomic mass is 9.85. The van der Waals surface area contributed by atoms with E-state index >= 15 is 0 Å². The van der Waals surface area contributed by atoms with E-state index in [9.17, 15) is 4.79 Å². The highest BCUT2D eigenvalue weighted by Crippen LogP contribution is 2.32. The van der Waals surface area contributed by atoms with Gasteiger partial charge in [0.1, 0.15) is 0 Å². The Kier molecular flexibility index (Phi) is 3.48. The number of carbonyl (C=O) groups is 1. The quantitative estimate of drug-likeness (QED) is 0.650. The van der Waals surface area contributed by atoms with Crippen molar-refractivity contribution in [3.8, 4) is 11.3 Å². The molecule has 3 rings (SSSR count). The van der Waals surface area contributed by atoms with Crippen molar-refractivity contribution in [1.82, 2.24) is 10.5 Å². The van der Waals surface area contributed by atoms with Crippen LogP contribution in [0.5, 0.6) is 0 Å². The number of fused-ring (bicyclic) bond motifs is 1. The third-order valence-corrected chi connectivity index (χ3v) is 3.79. The lowest BCUT2D eigenvalue weighted by Gasteiger charge is -2.23. The van der Waals surface area contributed by atoms with Crippen molar-refractivity contribution in [2.75, 3.05) is 0 Å². The van der Waals surface area contributed by atoms with Gasteiger partial charge >= 0.3 is 0 Å². The molecule has 2 N–H and O–H groups in total. The summed E-state index contributed by atoms with van der Waals surface area (Å²) in [5, 5.41) is 8.83. The molecule has 102 valence electrons. The number of aromatic nitrogens is 1. The molecule has 1 atom stereocenters. The zero-order chi connectivity index (χ0) is 13.9. The van der Waals surface area contributed by atoms with E-state index in [1.54, 1.807) is 5.48 Å². The summed E-state index contributed by atoms with van der Waals surface area (Å²) in [6.07, 6.45) is 2.55. The molecule has 1 aliphatic carbocycles. The first kappa shape index (κ1) is 12.8. The highest BCUT2D eigenvalue weighted by molar-refractivity contribution is 5.83. The number of hydrogen-bond donors (Lipinski definition) is 2. The zero-order valence-electron chi connectivity index (χ0n) is 11.0. The molecule has 0 saturated carbocycles. The topological polar surface area (TPSA) is 62.2 Å². The van der Waals surface area contributed by atoms with E-state index in [1.165, 1.54) is 0 Å². The van der Waals surface area contributed by atoms with E-state index in [0.29, 0.717) is 0 Å². The molecule has 0 spiro atoms. The van der Waals surface area contributed by atoms with Gasteiger partial charge in [0.15, 0.2) is 0 Å². The Labute approximate surface area is 117 Å². The van der Waals surface area contributed by atoms with Gasteiger partial charge in [-0.05, 0) is 30.9 Å². The van der Waals surface area contributed by atoms with Crippen LogP contribution in [0, 0.1) is 0 Å². The third kappa shape index (κ3) is 2.30. The zero-order valence-corrected chi connectivity index (χ0v) is 11.0. The van der Waals surface area contributed by atoms with Crippen LogP contribution in [-0.4, -0.2) is 16.1 Å².